The first-order chi connectivity index (χ1) is 16.5. The first-order valence-corrected chi connectivity index (χ1v) is 11.5. The normalized spacial score (nSPS) is 14.0. The van der Waals surface area contributed by atoms with Gasteiger partial charge in [0, 0.05) is 49.2 Å². The van der Waals surface area contributed by atoms with E-state index in [9.17, 15) is 0 Å². The van der Waals surface area contributed by atoms with Gasteiger partial charge in [0.1, 0.15) is 11.6 Å². The maximum atomic E-state index is 5.53. The van der Waals surface area contributed by atoms with Crippen molar-refractivity contribution in [2.24, 2.45) is 0 Å². The lowest BCUT2D eigenvalue weighted by atomic mass is 10.1. The molecule has 0 atom stereocenters. The van der Waals surface area contributed by atoms with Crippen molar-refractivity contribution >= 4 is 17.3 Å². The SMILES string of the molecule is COc1ccc(-c2c(C)nn3c(N4CCN(c5cccc(C)n5)CC4)cc(C)nc23)cc1OC. The Bertz CT molecular complexity index is 1340. The fraction of sp³-hybridized carbons (Fsp3) is 0.346. The number of nitrogens with zero attached hydrogens (tertiary/aromatic N) is 6. The molecule has 1 fully saturated rings. The second kappa shape index (κ2) is 8.85. The van der Waals surface area contributed by atoms with Gasteiger partial charge in [-0.15, -0.1) is 0 Å². The lowest BCUT2D eigenvalue weighted by Gasteiger charge is -2.36. The Morgan fingerprint density at radius 2 is 1.50 bits per heavy atom. The zero-order chi connectivity index (χ0) is 23.8. The molecule has 0 saturated carbocycles. The molecule has 0 radical (unpaired) electrons. The summed E-state index contributed by atoms with van der Waals surface area (Å²) in [7, 11) is 3.29. The highest BCUT2D eigenvalue weighted by Gasteiger charge is 2.23. The number of aromatic nitrogens is 4. The molecule has 1 aromatic carbocycles. The largest absolute Gasteiger partial charge is 0.493 e. The lowest BCUT2D eigenvalue weighted by molar-refractivity contribution is 0.355. The predicted molar refractivity (Wildman–Crippen MR) is 134 cm³/mol. The number of hydrogen-bond acceptors (Lipinski definition) is 7. The van der Waals surface area contributed by atoms with Crippen LogP contribution in [0.5, 0.6) is 11.5 Å². The molecule has 4 heterocycles. The molecule has 0 bridgehead atoms. The Morgan fingerprint density at radius 1 is 0.765 bits per heavy atom. The van der Waals surface area contributed by atoms with Crippen LogP contribution in [0.2, 0.25) is 0 Å². The summed E-state index contributed by atoms with van der Waals surface area (Å²) < 4.78 is 12.9. The summed E-state index contributed by atoms with van der Waals surface area (Å²) in [5.74, 6) is 3.49. The Morgan fingerprint density at radius 3 is 2.21 bits per heavy atom. The molecule has 8 nitrogen and oxygen atoms in total. The van der Waals surface area contributed by atoms with Crippen LogP contribution in [0.3, 0.4) is 0 Å². The average Bonchev–Trinajstić information content (AvgIpc) is 3.18. The number of rotatable bonds is 5. The Labute approximate surface area is 199 Å². The standard InChI is InChI=1S/C26H30N6O2/c1-17-7-6-8-23(27-17)30-11-13-31(14-12-30)24-15-18(2)28-26-25(19(3)29-32(24)26)20-9-10-21(33-4)22(16-20)34-5/h6-10,15-16H,11-14H2,1-5H3. The van der Waals surface area contributed by atoms with Gasteiger partial charge in [-0.1, -0.05) is 12.1 Å². The molecule has 176 valence electrons. The van der Waals surface area contributed by atoms with Crippen LogP contribution in [0.25, 0.3) is 16.8 Å². The quantitative estimate of drug-likeness (QED) is 0.447. The molecule has 1 aliphatic rings. The van der Waals surface area contributed by atoms with Gasteiger partial charge in [-0.05, 0) is 50.6 Å². The number of fused-ring (bicyclic) bond motifs is 1. The fourth-order valence-corrected chi connectivity index (χ4v) is 4.65. The molecule has 0 unspecified atom stereocenters. The summed E-state index contributed by atoms with van der Waals surface area (Å²) in [5, 5.41) is 4.91. The van der Waals surface area contributed by atoms with Gasteiger partial charge in [-0.2, -0.15) is 9.61 Å². The van der Waals surface area contributed by atoms with E-state index in [1.165, 1.54) is 0 Å². The molecule has 34 heavy (non-hydrogen) atoms. The van der Waals surface area contributed by atoms with Crippen LogP contribution in [0.15, 0.2) is 42.5 Å². The van der Waals surface area contributed by atoms with Gasteiger partial charge in [0.15, 0.2) is 17.1 Å². The van der Waals surface area contributed by atoms with Gasteiger partial charge in [-0.3, -0.25) is 0 Å². The second-order valence-corrected chi connectivity index (χ2v) is 8.63. The number of benzene rings is 1. The summed E-state index contributed by atoms with van der Waals surface area (Å²) >= 11 is 0. The van der Waals surface area contributed by atoms with E-state index in [1.54, 1.807) is 14.2 Å². The minimum absolute atomic E-state index is 0.688. The van der Waals surface area contributed by atoms with Gasteiger partial charge in [-0.25, -0.2) is 9.97 Å². The van der Waals surface area contributed by atoms with E-state index >= 15 is 0 Å². The van der Waals surface area contributed by atoms with Crippen molar-refractivity contribution < 1.29 is 9.47 Å². The van der Waals surface area contributed by atoms with Crippen LogP contribution in [0, 0.1) is 20.8 Å². The van der Waals surface area contributed by atoms with E-state index < -0.39 is 0 Å². The summed E-state index contributed by atoms with van der Waals surface area (Å²) in [4.78, 5) is 14.3. The maximum Gasteiger partial charge on any atom is 0.165 e. The summed E-state index contributed by atoms with van der Waals surface area (Å²) in [6.45, 7) is 9.69. The van der Waals surface area contributed by atoms with Crippen LogP contribution in [0.4, 0.5) is 11.6 Å². The van der Waals surface area contributed by atoms with Crippen molar-refractivity contribution in [3.8, 4) is 22.6 Å². The van der Waals surface area contributed by atoms with Gasteiger partial charge < -0.3 is 19.3 Å². The lowest BCUT2D eigenvalue weighted by Crippen LogP contribution is -2.47. The summed E-state index contributed by atoms with van der Waals surface area (Å²) in [6, 6.07) is 14.3. The highest BCUT2D eigenvalue weighted by atomic mass is 16.5. The molecule has 3 aromatic heterocycles. The minimum Gasteiger partial charge on any atom is -0.493 e. The van der Waals surface area contributed by atoms with Crippen LogP contribution >= 0.6 is 0 Å². The van der Waals surface area contributed by atoms with Crippen molar-refractivity contribution in [1.82, 2.24) is 19.6 Å². The van der Waals surface area contributed by atoms with Crippen molar-refractivity contribution in [3.05, 3.63) is 59.5 Å². The number of aryl methyl sites for hydroxylation is 3. The third-order valence-electron chi connectivity index (χ3n) is 6.35. The molecule has 5 rings (SSSR count). The van der Waals surface area contributed by atoms with Crippen LogP contribution in [-0.4, -0.2) is 60.0 Å². The monoisotopic (exact) mass is 458 g/mol. The molecule has 0 aliphatic carbocycles. The van der Waals surface area contributed by atoms with E-state index in [-0.39, 0.29) is 0 Å². The highest BCUT2D eigenvalue weighted by Crippen LogP contribution is 2.36. The molecule has 1 saturated heterocycles. The van der Waals surface area contributed by atoms with Crippen LogP contribution in [-0.2, 0) is 0 Å². The third-order valence-corrected chi connectivity index (χ3v) is 6.35. The minimum atomic E-state index is 0.688. The third kappa shape index (κ3) is 3.89. The van der Waals surface area contributed by atoms with E-state index in [4.69, 9.17) is 24.5 Å². The molecule has 4 aromatic rings. The van der Waals surface area contributed by atoms with Crippen LogP contribution in [0.1, 0.15) is 17.1 Å². The van der Waals surface area contributed by atoms with Gasteiger partial charge in [0.05, 0.1) is 19.9 Å². The molecular weight excluding hydrogens is 428 g/mol. The Kier molecular flexibility index (Phi) is 5.73. The molecule has 0 amide bonds. The zero-order valence-electron chi connectivity index (χ0n) is 20.4. The van der Waals surface area contributed by atoms with Crippen LogP contribution < -0.4 is 19.3 Å². The van der Waals surface area contributed by atoms with Gasteiger partial charge in [0.25, 0.3) is 0 Å². The number of ether oxygens (including phenoxy) is 2. The average molecular weight is 459 g/mol. The molecule has 8 heteroatoms. The zero-order valence-corrected chi connectivity index (χ0v) is 20.4. The van der Waals surface area contributed by atoms with Crippen molar-refractivity contribution in [1.29, 1.82) is 0 Å². The van der Waals surface area contributed by atoms with Crippen molar-refractivity contribution in [2.45, 2.75) is 20.8 Å². The van der Waals surface area contributed by atoms with Crippen molar-refractivity contribution in [2.75, 3.05) is 50.2 Å². The van der Waals surface area contributed by atoms with Crippen molar-refractivity contribution in [3.63, 3.8) is 0 Å². The topological polar surface area (TPSA) is 68.0 Å². The Hall–Kier alpha value is -3.81. The molecule has 1 aliphatic heterocycles. The van der Waals surface area contributed by atoms with E-state index in [1.807, 2.05) is 49.6 Å². The van der Waals surface area contributed by atoms with Gasteiger partial charge in [0.2, 0.25) is 0 Å². The molecule has 0 N–H and O–H groups in total. The molecule has 0 spiro atoms. The smallest absolute Gasteiger partial charge is 0.165 e. The number of anilines is 2. The van der Waals surface area contributed by atoms with E-state index in [0.29, 0.717) is 11.5 Å². The Balaban J connectivity index is 1.50. The van der Waals surface area contributed by atoms with E-state index in [2.05, 4.69) is 28.0 Å². The summed E-state index contributed by atoms with van der Waals surface area (Å²) in [6.07, 6.45) is 0. The summed E-state index contributed by atoms with van der Waals surface area (Å²) in [5.41, 5.74) is 5.79. The predicted octanol–water partition coefficient (Wildman–Crippen LogP) is 4.06. The first-order valence-electron chi connectivity index (χ1n) is 11.5. The number of piperazine rings is 1. The number of hydrogen-bond donors (Lipinski definition) is 0. The fourth-order valence-electron chi connectivity index (χ4n) is 4.65. The highest BCUT2D eigenvalue weighted by molar-refractivity contribution is 5.82. The number of methoxy groups -OCH3 is 2. The van der Waals surface area contributed by atoms with E-state index in [0.717, 1.165) is 71.7 Å². The first kappa shape index (κ1) is 22.0. The number of pyridine rings is 1. The second-order valence-electron chi connectivity index (χ2n) is 8.63. The maximum absolute atomic E-state index is 5.53. The molecular formula is C26H30N6O2. The van der Waals surface area contributed by atoms with Gasteiger partial charge >= 0.3 is 0 Å².